The first-order valence-electron chi connectivity index (χ1n) is 13.7. The van der Waals surface area contributed by atoms with Crippen LogP contribution in [-0.2, 0) is 29.0 Å². The Labute approximate surface area is 234 Å². The van der Waals surface area contributed by atoms with E-state index in [0.717, 1.165) is 27.8 Å². The number of carbonyl (C=O) groups is 1. The number of carbonyl (C=O) groups excluding carboxylic acids is 1. The number of nitrogens with zero attached hydrogens (tertiary/aromatic N) is 2. The molecule has 2 heterocycles. The number of aliphatic hydroxyl groups is 1. The zero-order valence-electron chi connectivity index (χ0n) is 22.3. The molecule has 1 spiro atoms. The smallest absolute Gasteiger partial charge is 0.255 e. The summed E-state index contributed by atoms with van der Waals surface area (Å²) in [6, 6.07) is 35.8. The van der Waals surface area contributed by atoms with Gasteiger partial charge in [-0.15, -0.1) is 0 Å². The number of hydrogen-bond acceptors (Lipinski definition) is 5. The second kappa shape index (κ2) is 11.4. The average Bonchev–Trinajstić information content (AvgIpc) is 3.34. The third-order valence-corrected chi connectivity index (χ3v) is 7.55. The number of rotatable bonds is 8. The predicted octanol–water partition coefficient (Wildman–Crippen LogP) is 5.49. The lowest BCUT2D eigenvalue weighted by molar-refractivity contribution is -0.140. The lowest BCUT2D eigenvalue weighted by atomic mass is 9.82. The van der Waals surface area contributed by atoms with E-state index in [1.165, 1.54) is 0 Å². The molecule has 0 fully saturated rings. The van der Waals surface area contributed by atoms with Gasteiger partial charge in [0.25, 0.3) is 5.91 Å². The van der Waals surface area contributed by atoms with E-state index in [1.54, 1.807) is 0 Å². The van der Waals surface area contributed by atoms with E-state index in [4.69, 9.17) is 19.6 Å². The number of aliphatic imine (C=N–C) groups is 1. The van der Waals surface area contributed by atoms with Gasteiger partial charge in [-0.25, -0.2) is 4.99 Å². The number of aliphatic hydroxyl groups excluding tert-OH is 1. The molecule has 6 rings (SSSR count). The fourth-order valence-corrected chi connectivity index (χ4v) is 5.55. The first kappa shape index (κ1) is 25.8. The highest BCUT2D eigenvalue weighted by molar-refractivity contribution is 6.01. The Hall–Kier alpha value is -4.42. The van der Waals surface area contributed by atoms with Crippen LogP contribution in [0.15, 0.2) is 114 Å². The monoisotopic (exact) mass is 532 g/mol. The molecule has 2 aliphatic heterocycles. The fourth-order valence-electron chi connectivity index (χ4n) is 5.55. The Balaban J connectivity index is 1.43. The zero-order chi connectivity index (χ0) is 27.4. The van der Waals surface area contributed by atoms with Crippen LogP contribution in [0.25, 0.3) is 0 Å². The van der Waals surface area contributed by atoms with Crippen LogP contribution in [0.5, 0.6) is 5.75 Å². The van der Waals surface area contributed by atoms with Gasteiger partial charge in [0.2, 0.25) is 5.90 Å². The summed E-state index contributed by atoms with van der Waals surface area (Å²) in [6.45, 7) is 1.53. The Bertz CT molecular complexity index is 1490. The molecule has 202 valence electrons. The lowest BCUT2D eigenvalue weighted by Gasteiger charge is -2.33. The number of hydrogen-bond donors (Lipinski definition) is 1. The van der Waals surface area contributed by atoms with Crippen LogP contribution in [-0.4, -0.2) is 40.6 Å². The molecule has 40 heavy (non-hydrogen) atoms. The number of ether oxygens (including phenoxy) is 2. The van der Waals surface area contributed by atoms with E-state index >= 15 is 0 Å². The summed E-state index contributed by atoms with van der Waals surface area (Å²) >= 11 is 0. The van der Waals surface area contributed by atoms with Gasteiger partial charge >= 0.3 is 0 Å². The standard InChI is InChI=1S/C34H32N2O4/c37-20-9-21-39-30-18-16-27(17-19-30)32-35-34(31(40-32)26-12-5-2-6-13-26)22-28-14-7-8-15-29(28)24-36(33(34)38)23-25-10-3-1-4-11-25/h1-8,10-19,31,37H,9,20-24H2/t31-,34-/m0/s1. The van der Waals surface area contributed by atoms with Crippen LogP contribution in [0.2, 0.25) is 0 Å². The highest BCUT2D eigenvalue weighted by Crippen LogP contribution is 2.45. The summed E-state index contributed by atoms with van der Waals surface area (Å²) in [5, 5.41) is 9.03. The molecule has 1 amide bonds. The van der Waals surface area contributed by atoms with E-state index in [1.807, 2.05) is 89.8 Å². The minimum atomic E-state index is -1.16. The van der Waals surface area contributed by atoms with Gasteiger partial charge in [-0.2, -0.15) is 0 Å². The highest BCUT2D eigenvalue weighted by atomic mass is 16.5. The fraction of sp³-hybridized carbons (Fsp3) is 0.235. The molecule has 6 nitrogen and oxygen atoms in total. The summed E-state index contributed by atoms with van der Waals surface area (Å²) in [6.07, 6.45) is 0.432. The van der Waals surface area contributed by atoms with Crippen LogP contribution in [0.4, 0.5) is 0 Å². The summed E-state index contributed by atoms with van der Waals surface area (Å²) in [5.41, 5.74) is 3.84. The van der Waals surface area contributed by atoms with Crippen molar-refractivity contribution in [3.8, 4) is 5.75 Å². The maximum atomic E-state index is 14.7. The van der Waals surface area contributed by atoms with Crippen molar-refractivity contribution in [2.24, 2.45) is 4.99 Å². The van der Waals surface area contributed by atoms with Crippen molar-refractivity contribution in [1.29, 1.82) is 0 Å². The predicted molar refractivity (Wildman–Crippen MR) is 154 cm³/mol. The maximum absolute atomic E-state index is 14.7. The summed E-state index contributed by atoms with van der Waals surface area (Å²) < 4.78 is 12.3. The third-order valence-electron chi connectivity index (χ3n) is 7.55. The van der Waals surface area contributed by atoms with Crippen molar-refractivity contribution < 1.29 is 19.4 Å². The number of amides is 1. The van der Waals surface area contributed by atoms with Gasteiger partial charge in [0.15, 0.2) is 11.6 Å². The molecule has 1 N–H and O–H groups in total. The normalized spacial score (nSPS) is 20.0. The minimum Gasteiger partial charge on any atom is -0.494 e. The van der Waals surface area contributed by atoms with E-state index in [9.17, 15) is 4.79 Å². The maximum Gasteiger partial charge on any atom is 0.255 e. The van der Waals surface area contributed by atoms with Crippen molar-refractivity contribution in [1.82, 2.24) is 4.90 Å². The van der Waals surface area contributed by atoms with Crippen LogP contribution < -0.4 is 4.74 Å². The third kappa shape index (κ3) is 5.10. The molecule has 0 aliphatic carbocycles. The second-order valence-electron chi connectivity index (χ2n) is 10.3. The first-order chi connectivity index (χ1) is 19.7. The van der Waals surface area contributed by atoms with Gasteiger partial charge in [0, 0.05) is 38.1 Å². The molecule has 0 saturated carbocycles. The quantitative estimate of drug-likeness (QED) is 0.305. The molecule has 0 unspecified atom stereocenters. The van der Waals surface area contributed by atoms with E-state index in [0.29, 0.717) is 44.2 Å². The zero-order valence-corrected chi connectivity index (χ0v) is 22.3. The SMILES string of the molecule is O=C1N(Cc2ccccc2)Cc2ccccc2C[C@@]12N=C(c1ccc(OCCCO)cc1)O[C@H]2c1ccccc1. The molecule has 0 bridgehead atoms. The van der Waals surface area contributed by atoms with Gasteiger partial charge in [-0.3, -0.25) is 4.79 Å². The Morgan fingerprint density at radius 1 is 0.875 bits per heavy atom. The molecule has 4 aromatic carbocycles. The van der Waals surface area contributed by atoms with Crippen molar-refractivity contribution in [2.75, 3.05) is 13.2 Å². The molecule has 6 heteroatoms. The van der Waals surface area contributed by atoms with Gasteiger partial charge in [-0.1, -0.05) is 84.9 Å². The largest absolute Gasteiger partial charge is 0.494 e. The molecule has 0 saturated heterocycles. The van der Waals surface area contributed by atoms with E-state index in [2.05, 4.69) is 24.3 Å². The van der Waals surface area contributed by atoms with Crippen LogP contribution >= 0.6 is 0 Å². The average molecular weight is 533 g/mol. The molecular weight excluding hydrogens is 500 g/mol. The van der Waals surface area contributed by atoms with E-state index in [-0.39, 0.29) is 12.5 Å². The van der Waals surface area contributed by atoms with Gasteiger partial charge in [0.1, 0.15) is 5.75 Å². The van der Waals surface area contributed by atoms with Crippen LogP contribution in [0, 0.1) is 0 Å². The molecule has 2 atom stereocenters. The lowest BCUT2D eigenvalue weighted by Crippen LogP contribution is -2.49. The summed E-state index contributed by atoms with van der Waals surface area (Å²) in [4.78, 5) is 21.8. The number of fused-ring (bicyclic) bond motifs is 1. The van der Waals surface area contributed by atoms with Crippen molar-refractivity contribution in [3.63, 3.8) is 0 Å². The topological polar surface area (TPSA) is 71.4 Å². The Morgan fingerprint density at radius 3 is 2.27 bits per heavy atom. The van der Waals surface area contributed by atoms with E-state index < -0.39 is 11.6 Å². The Morgan fingerprint density at radius 2 is 1.55 bits per heavy atom. The van der Waals surface area contributed by atoms with Crippen molar-refractivity contribution in [3.05, 3.63) is 137 Å². The second-order valence-corrected chi connectivity index (χ2v) is 10.3. The summed E-state index contributed by atoms with van der Waals surface area (Å²) in [7, 11) is 0. The summed E-state index contributed by atoms with van der Waals surface area (Å²) in [5.74, 6) is 1.11. The molecule has 0 aromatic heterocycles. The molecule has 4 aromatic rings. The van der Waals surface area contributed by atoms with Crippen molar-refractivity contribution in [2.45, 2.75) is 37.6 Å². The van der Waals surface area contributed by atoms with Gasteiger partial charge in [0.05, 0.1) is 6.61 Å². The molecule has 0 radical (unpaired) electrons. The van der Waals surface area contributed by atoms with Crippen LogP contribution in [0.3, 0.4) is 0 Å². The highest BCUT2D eigenvalue weighted by Gasteiger charge is 2.56. The first-order valence-corrected chi connectivity index (χ1v) is 13.7. The molecular formula is C34H32N2O4. The van der Waals surface area contributed by atoms with Crippen LogP contribution in [0.1, 0.15) is 40.3 Å². The minimum absolute atomic E-state index is 0.0413. The van der Waals surface area contributed by atoms with Crippen molar-refractivity contribution >= 4 is 11.8 Å². The number of benzene rings is 4. The molecule has 2 aliphatic rings. The van der Waals surface area contributed by atoms with Gasteiger partial charge in [-0.05, 0) is 46.5 Å². The van der Waals surface area contributed by atoms with Gasteiger partial charge < -0.3 is 19.5 Å². The Kier molecular flexibility index (Phi) is 7.34.